The van der Waals surface area contributed by atoms with Crippen molar-refractivity contribution in [3.8, 4) is 0 Å². The number of anilines is 1. The molecule has 1 aliphatic heterocycles. The van der Waals surface area contributed by atoms with Gasteiger partial charge in [0.1, 0.15) is 27.5 Å². The Hall–Kier alpha value is -2.46. The number of fused-ring (bicyclic) bond motifs is 1. The average Bonchev–Trinajstić information content (AvgIpc) is 2.96. The van der Waals surface area contributed by atoms with Crippen molar-refractivity contribution in [2.24, 2.45) is 0 Å². The number of amides is 1. The maximum absolute atomic E-state index is 12.5. The predicted octanol–water partition coefficient (Wildman–Crippen LogP) is -0.406. The van der Waals surface area contributed by atoms with Gasteiger partial charge in [0, 0.05) is 12.8 Å². The van der Waals surface area contributed by atoms with E-state index in [-0.39, 0.29) is 28.9 Å². The second-order valence-corrected chi connectivity index (χ2v) is 8.25. The minimum Gasteiger partial charge on any atom is -0.386 e. The monoisotopic (exact) mass is 365 g/mol. The molecule has 3 heterocycles. The molecule has 3 N–H and O–H groups in total. The normalized spacial score (nSPS) is 15.7. The van der Waals surface area contributed by atoms with Crippen LogP contribution in [0, 0.1) is 0 Å². The molecule has 1 amide bonds. The highest BCUT2D eigenvalue weighted by atomic mass is 32.2. The van der Waals surface area contributed by atoms with Gasteiger partial charge in [-0.15, -0.1) is 0 Å². The first-order valence-corrected chi connectivity index (χ1v) is 9.73. The number of rotatable bonds is 4. The fourth-order valence-electron chi connectivity index (χ4n) is 2.73. The highest BCUT2D eigenvalue weighted by Crippen LogP contribution is 2.20. The van der Waals surface area contributed by atoms with E-state index < -0.39 is 15.9 Å². The van der Waals surface area contributed by atoms with Gasteiger partial charge in [-0.3, -0.25) is 9.48 Å². The number of nitrogens with zero attached hydrogens (tertiary/aromatic N) is 4. The Balaban J connectivity index is 1.76. The molecule has 0 aromatic carbocycles. The van der Waals surface area contributed by atoms with Crippen molar-refractivity contribution in [3.63, 3.8) is 0 Å². The van der Waals surface area contributed by atoms with Gasteiger partial charge in [0.2, 0.25) is 0 Å². The van der Waals surface area contributed by atoms with Gasteiger partial charge >= 0.3 is 0 Å². The number of hydrogen-bond donors (Lipinski definition) is 2. The molecule has 1 unspecified atom stereocenters. The molecule has 0 radical (unpaired) electrons. The lowest BCUT2D eigenvalue weighted by Gasteiger charge is -2.27. The van der Waals surface area contributed by atoms with Gasteiger partial charge in [-0.25, -0.2) is 13.4 Å². The first-order chi connectivity index (χ1) is 11.7. The van der Waals surface area contributed by atoms with E-state index in [0.717, 1.165) is 11.9 Å². The number of sulfone groups is 1. The van der Waals surface area contributed by atoms with E-state index in [0.29, 0.717) is 19.6 Å². The summed E-state index contributed by atoms with van der Waals surface area (Å²) >= 11 is 0. The maximum Gasteiger partial charge on any atom is 0.272 e. The fraction of sp³-hybridized carbons (Fsp3) is 0.400. The van der Waals surface area contributed by atoms with E-state index >= 15 is 0 Å². The molecule has 2 aromatic rings. The molecule has 2 aromatic heterocycles. The maximum atomic E-state index is 12.5. The number of nitrogen functional groups attached to an aromatic ring is 1. The van der Waals surface area contributed by atoms with Crippen LogP contribution in [0.25, 0.3) is 0 Å². The Morgan fingerprint density at radius 1 is 1.40 bits per heavy atom. The van der Waals surface area contributed by atoms with Crippen LogP contribution in [-0.4, -0.2) is 57.6 Å². The summed E-state index contributed by atoms with van der Waals surface area (Å²) in [6, 6.07) is 6.51. The van der Waals surface area contributed by atoms with Crippen LogP contribution in [0.15, 0.2) is 24.3 Å². The number of carbonyl (C=O) groups is 1. The highest BCUT2D eigenvalue weighted by molar-refractivity contribution is 7.90. The van der Waals surface area contributed by atoms with Crippen molar-refractivity contribution in [1.82, 2.24) is 19.7 Å². The van der Waals surface area contributed by atoms with Gasteiger partial charge in [0.05, 0.1) is 30.2 Å². The second-order valence-electron chi connectivity index (χ2n) is 6.07. The Morgan fingerprint density at radius 3 is 2.84 bits per heavy atom. The summed E-state index contributed by atoms with van der Waals surface area (Å²) in [6.45, 7) is 1.19. The van der Waals surface area contributed by atoms with E-state index in [9.17, 15) is 18.3 Å². The first kappa shape index (κ1) is 17.4. The van der Waals surface area contributed by atoms with Gasteiger partial charge in [-0.1, -0.05) is 6.07 Å². The summed E-state index contributed by atoms with van der Waals surface area (Å²) < 4.78 is 24.3. The number of aliphatic hydroxyl groups excluding tert-OH is 1. The van der Waals surface area contributed by atoms with E-state index in [4.69, 9.17) is 5.73 Å². The highest BCUT2D eigenvalue weighted by Gasteiger charge is 2.26. The van der Waals surface area contributed by atoms with E-state index in [1.165, 1.54) is 0 Å². The van der Waals surface area contributed by atoms with E-state index in [1.807, 2.05) is 0 Å². The zero-order chi connectivity index (χ0) is 18.2. The lowest BCUT2D eigenvalue weighted by atomic mass is 10.2. The van der Waals surface area contributed by atoms with Gasteiger partial charge in [-0.05, 0) is 18.2 Å². The van der Waals surface area contributed by atoms with Crippen LogP contribution < -0.4 is 5.73 Å². The molecule has 3 rings (SSSR count). The van der Waals surface area contributed by atoms with Crippen molar-refractivity contribution < 1.29 is 18.3 Å². The molecule has 25 heavy (non-hydrogen) atoms. The number of aromatic nitrogens is 3. The Morgan fingerprint density at radius 2 is 2.16 bits per heavy atom. The number of carbonyl (C=O) groups excluding carboxylic acids is 1. The summed E-state index contributed by atoms with van der Waals surface area (Å²) in [5.74, 6) is -0.351. The molecule has 1 aliphatic rings. The molecule has 134 valence electrons. The summed E-state index contributed by atoms with van der Waals surface area (Å²) in [6.07, 6.45) is -0.126. The smallest absolute Gasteiger partial charge is 0.272 e. The van der Waals surface area contributed by atoms with Crippen LogP contribution in [0.2, 0.25) is 0 Å². The molecule has 0 saturated carbocycles. The second kappa shape index (κ2) is 6.45. The number of nitrogens with two attached hydrogens (primary N) is 1. The van der Waals surface area contributed by atoms with Crippen LogP contribution in [-0.2, 0) is 22.9 Å². The summed E-state index contributed by atoms with van der Waals surface area (Å²) in [5, 5.41) is 14.3. The SMILES string of the molecule is CS(=O)(=O)CC(O)c1cc2n(n1)CCN(C(=O)c1cccc(N)n1)C2. The number of pyridine rings is 1. The summed E-state index contributed by atoms with van der Waals surface area (Å²) in [4.78, 5) is 18.2. The quantitative estimate of drug-likeness (QED) is 0.753. The molecule has 1 atom stereocenters. The van der Waals surface area contributed by atoms with E-state index in [2.05, 4.69) is 10.1 Å². The standard InChI is InChI=1S/C15H19N5O4S/c1-25(23,24)9-13(21)12-7-10-8-19(5-6-20(10)18-12)15(22)11-3-2-4-14(16)17-11/h2-4,7,13,21H,5-6,8-9H2,1H3,(H2,16,17). The Kier molecular flexibility index (Phi) is 4.48. The van der Waals surface area contributed by atoms with Crippen molar-refractivity contribution in [2.75, 3.05) is 24.3 Å². The minimum absolute atomic E-state index is 0.238. The van der Waals surface area contributed by atoms with Crippen LogP contribution in [0.1, 0.15) is 28.0 Å². The van der Waals surface area contributed by atoms with Gasteiger partial charge in [-0.2, -0.15) is 5.10 Å². The Labute approximate surface area is 145 Å². The number of hydrogen-bond acceptors (Lipinski definition) is 7. The van der Waals surface area contributed by atoms with Gasteiger partial charge < -0.3 is 15.7 Å². The minimum atomic E-state index is -3.32. The first-order valence-electron chi connectivity index (χ1n) is 7.67. The molecule has 0 fully saturated rings. The van der Waals surface area contributed by atoms with Crippen molar-refractivity contribution in [2.45, 2.75) is 19.2 Å². The van der Waals surface area contributed by atoms with Crippen molar-refractivity contribution >= 4 is 21.6 Å². The van der Waals surface area contributed by atoms with E-state index in [1.54, 1.807) is 33.8 Å². The van der Waals surface area contributed by atoms with Crippen LogP contribution in [0.3, 0.4) is 0 Å². The average molecular weight is 365 g/mol. The lowest BCUT2D eigenvalue weighted by molar-refractivity contribution is 0.0700. The molecule has 0 aliphatic carbocycles. The van der Waals surface area contributed by atoms with Gasteiger partial charge in [0.25, 0.3) is 5.91 Å². The molecular formula is C15H19N5O4S. The largest absolute Gasteiger partial charge is 0.386 e. The van der Waals surface area contributed by atoms with Crippen LogP contribution >= 0.6 is 0 Å². The fourth-order valence-corrected chi connectivity index (χ4v) is 3.47. The molecular weight excluding hydrogens is 346 g/mol. The topological polar surface area (TPSA) is 131 Å². The predicted molar refractivity (Wildman–Crippen MR) is 90.3 cm³/mol. The number of aliphatic hydroxyl groups is 1. The third kappa shape index (κ3) is 3.97. The molecule has 0 saturated heterocycles. The van der Waals surface area contributed by atoms with Crippen LogP contribution in [0.5, 0.6) is 0 Å². The molecule has 0 bridgehead atoms. The third-order valence-electron chi connectivity index (χ3n) is 3.90. The zero-order valence-corrected chi connectivity index (χ0v) is 14.5. The summed E-state index contributed by atoms with van der Waals surface area (Å²) in [7, 11) is -3.32. The van der Waals surface area contributed by atoms with Crippen LogP contribution in [0.4, 0.5) is 5.82 Å². The third-order valence-corrected chi connectivity index (χ3v) is 4.82. The van der Waals surface area contributed by atoms with Gasteiger partial charge in [0.15, 0.2) is 0 Å². The molecule has 0 spiro atoms. The van der Waals surface area contributed by atoms with Crippen molar-refractivity contribution in [3.05, 3.63) is 41.3 Å². The molecule has 9 nitrogen and oxygen atoms in total. The lowest BCUT2D eigenvalue weighted by Crippen LogP contribution is -2.38. The molecule has 10 heteroatoms. The Bertz CT molecular complexity index is 908. The zero-order valence-electron chi connectivity index (χ0n) is 13.7. The summed E-state index contributed by atoms with van der Waals surface area (Å²) in [5.41, 5.74) is 6.90. The van der Waals surface area contributed by atoms with Crippen molar-refractivity contribution in [1.29, 1.82) is 0 Å².